The second-order valence-electron chi connectivity index (χ2n) is 4.68. The van der Waals surface area contributed by atoms with Crippen LogP contribution in [0.3, 0.4) is 0 Å². The number of ether oxygens (including phenoxy) is 1. The van der Waals surface area contributed by atoms with Gasteiger partial charge in [-0.05, 0) is 37.3 Å². The number of hydrogen-bond acceptors (Lipinski definition) is 5. The van der Waals surface area contributed by atoms with Gasteiger partial charge in [-0.25, -0.2) is 4.98 Å². The first kappa shape index (κ1) is 13.4. The Labute approximate surface area is 112 Å². The van der Waals surface area contributed by atoms with E-state index in [0.717, 1.165) is 12.5 Å². The van der Waals surface area contributed by atoms with Crippen molar-refractivity contribution in [3.63, 3.8) is 0 Å². The largest absolute Gasteiger partial charge is 0.394 e. The quantitative estimate of drug-likeness (QED) is 0.801. The van der Waals surface area contributed by atoms with Gasteiger partial charge in [-0.2, -0.15) is 4.98 Å². The van der Waals surface area contributed by atoms with Gasteiger partial charge in [0.05, 0.1) is 18.5 Å². The van der Waals surface area contributed by atoms with E-state index in [-0.39, 0.29) is 5.28 Å². The second kappa shape index (κ2) is 5.71. The average molecular weight is 271 g/mol. The Morgan fingerprint density at radius 3 is 2.94 bits per heavy atom. The summed E-state index contributed by atoms with van der Waals surface area (Å²) in [7, 11) is 1.69. The first-order chi connectivity index (χ1) is 8.63. The van der Waals surface area contributed by atoms with Gasteiger partial charge in [0.1, 0.15) is 0 Å². The molecule has 5 nitrogen and oxygen atoms in total. The highest BCUT2D eigenvalue weighted by Gasteiger charge is 2.33. The van der Waals surface area contributed by atoms with Crippen LogP contribution >= 0.6 is 11.6 Å². The predicted octanol–water partition coefficient (Wildman–Crippen LogP) is 1.96. The molecule has 18 heavy (non-hydrogen) atoms. The summed E-state index contributed by atoms with van der Waals surface area (Å²) in [5.74, 6) is 1.43. The zero-order valence-corrected chi connectivity index (χ0v) is 11.5. The zero-order chi connectivity index (χ0) is 13.1. The Morgan fingerprint density at radius 1 is 1.61 bits per heavy atom. The number of anilines is 2. The molecule has 6 heteroatoms. The van der Waals surface area contributed by atoms with Gasteiger partial charge in [0.25, 0.3) is 0 Å². The molecule has 0 amide bonds. The van der Waals surface area contributed by atoms with E-state index in [2.05, 4.69) is 21.8 Å². The zero-order valence-electron chi connectivity index (χ0n) is 10.8. The van der Waals surface area contributed by atoms with Crippen molar-refractivity contribution in [2.24, 2.45) is 5.92 Å². The fraction of sp³-hybridized carbons (Fsp3) is 0.667. The highest BCUT2D eigenvalue weighted by molar-refractivity contribution is 6.28. The molecule has 1 atom stereocenters. The molecule has 0 bridgehead atoms. The summed E-state index contributed by atoms with van der Waals surface area (Å²) in [4.78, 5) is 10.3. The highest BCUT2D eigenvalue weighted by atomic mass is 35.5. The Kier molecular flexibility index (Phi) is 4.24. The van der Waals surface area contributed by atoms with Gasteiger partial charge >= 0.3 is 0 Å². The third-order valence-corrected chi connectivity index (χ3v) is 3.55. The van der Waals surface area contributed by atoms with E-state index in [1.807, 2.05) is 0 Å². The number of nitrogens with two attached hydrogens (primary N) is 1. The lowest BCUT2D eigenvalue weighted by molar-refractivity contribution is 0.202. The van der Waals surface area contributed by atoms with Crippen LogP contribution in [0.1, 0.15) is 19.8 Å². The number of rotatable bonds is 6. The van der Waals surface area contributed by atoms with Crippen LogP contribution in [0.25, 0.3) is 0 Å². The molecule has 0 aliphatic heterocycles. The lowest BCUT2D eigenvalue weighted by atomic mass is 10.2. The Bertz CT molecular complexity index is 411. The van der Waals surface area contributed by atoms with E-state index in [1.54, 1.807) is 13.3 Å². The molecule has 100 valence electrons. The van der Waals surface area contributed by atoms with Crippen molar-refractivity contribution in [1.29, 1.82) is 0 Å². The summed E-state index contributed by atoms with van der Waals surface area (Å²) in [5, 5.41) is 0.226. The first-order valence-electron chi connectivity index (χ1n) is 6.17. The van der Waals surface area contributed by atoms with Crippen molar-refractivity contribution < 1.29 is 4.74 Å². The van der Waals surface area contributed by atoms with Gasteiger partial charge in [0.2, 0.25) is 5.28 Å². The summed E-state index contributed by atoms with van der Waals surface area (Å²) in [6.07, 6.45) is 4.09. The van der Waals surface area contributed by atoms with Gasteiger partial charge in [0, 0.05) is 19.7 Å². The minimum atomic E-state index is 0.226. The van der Waals surface area contributed by atoms with E-state index >= 15 is 0 Å². The van der Waals surface area contributed by atoms with Crippen LogP contribution < -0.4 is 10.6 Å². The number of aromatic nitrogens is 2. The maximum atomic E-state index is 5.95. The molecular formula is C12H19ClN4O. The third-order valence-electron chi connectivity index (χ3n) is 3.37. The molecule has 0 spiro atoms. The minimum absolute atomic E-state index is 0.226. The number of nitrogen functional groups attached to an aromatic ring is 1. The number of methoxy groups -OCH3 is 1. The molecule has 1 aromatic heterocycles. The molecule has 1 fully saturated rings. The molecule has 1 heterocycles. The van der Waals surface area contributed by atoms with Crippen molar-refractivity contribution in [2.45, 2.75) is 25.8 Å². The normalized spacial score (nSPS) is 16.6. The SMILES string of the molecule is COCCN(c1nc(Cl)ncc1N)C(C)C1CC1. The van der Waals surface area contributed by atoms with Crippen molar-refractivity contribution in [2.75, 3.05) is 30.9 Å². The molecular weight excluding hydrogens is 252 g/mol. The maximum Gasteiger partial charge on any atom is 0.224 e. The van der Waals surface area contributed by atoms with Gasteiger partial charge in [-0.3, -0.25) is 0 Å². The van der Waals surface area contributed by atoms with Crippen LogP contribution in [0.2, 0.25) is 5.28 Å². The Balaban J connectivity index is 2.22. The fourth-order valence-corrected chi connectivity index (χ4v) is 2.25. The topological polar surface area (TPSA) is 64.3 Å². The number of halogens is 1. The Morgan fingerprint density at radius 2 is 2.33 bits per heavy atom. The van der Waals surface area contributed by atoms with Crippen LogP contribution in [0, 0.1) is 5.92 Å². The van der Waals surface area contributed by atoms with Crippen molar-refractivity contribution >= 4 is 23.1 Å². The fourth-order valence-electron chi connectivity index (χ4n) is 2.12. The minimum Gasteiger partial charge on any atom is -0.394 e. The van der Waals surface area contributed by atoms with Crippen molar-refractivity contribution in [3.05, 3.63) is 11.5 Å². The van der Waals surface area contributed by atoms with Gasteiger partial charge in [-0.15, -0.1) is 0 Å². The van der Waals surface area contributed by atoms with Crippen molar-refractivity contribution in [3.8, 4) is 0 Å². The molecule has 1 aromatic rings. The molecule has 0 saturated heterocycles. The highest BCUT2D eigenvalue weighted by Crippen LogP contribution is 2.37. The van der Waals surface area contributed by atoms with Gasteiger partial charge in [-0.1, -0.05) is 0 Å². The van der Waals surface area contributed by atoms with Gasteiger partial charge < -0.3 is 15.4 Å². The first-order valence-corrected chi connectivity index (χ1v) is 6.55. The standard InChI is InChI=1S/C12H19ClN4O/c1-8(9-3-4-9)17(5-6-18-2)11-10(14)7-15-12(13)16-11/h7-9H,3-6,14H2,1-2H3. The third kappa shape index (κ3) is 3.03. The van der Waals surface area contributed by atoms with E-state index in [9.17, 15) is 0 Å². The van der Waals surface area contributed by atoms with Crippen LogP contribution in [0.15, 0.2) is 6.20 Å². The van der Waals surface area contributed by atoms with Crippen LogP contribution in [-0.2, 0) is 4.74 Å². The molecule has 1 aliphatic carbocycles. The Hall–Kier alpha value is -1.07. The monoisotopic (exact) mass is 270 g/mol. The molecule has 0 aromatic carbocycles. The van der Waals surface area contributed by atoms with Gasteiger partial charge in [0.15, 0.2) is 5.82 Å². The van der Waals surface area contributed by atoms with E-state index in [1.165, 1.54) is 12.8 Å². The van der Waals surface area contributed by atoms with Crippen molar-refractivity contribution in [1.82, 2.24) is 9.97 Å². The summed E-state index contributed by atoms with van der Waals surface area (Å²) < 4.78 is 5.16. The van der Waals surface area contributed by atoms with E-state index in [4.69, 9.17) is 22.1 Å². The second-order valence-corrected chi connectivity index (χ2v) is 5.02. The summed E-state index contributed by atoms with van der Waals surface area (Å²) in [6.45, 7) is 3.59. The van der Waals surface area contributed by atoms with Crippen LogP contribution in [0.4, 0.5) is 11.5 Å². The molecule has 1 saturated carbocycles. The average Bonchev–Trinajstić information content (AvgIpc) is 3.17. The predicted molar refractivity (Wildman–Crippen MR) is 72.9 cm³/mol. The molecule has 2 N–H and O–H groups in total. The van der Waals surface area contributed by atoms with E-state index in [0.29, 0.717) is 24.2 Å². The molecule has 1 aliphatic rings. The molecule has 0 radical (unpaired) electrons. The summed E-state index contributed by atoms with van der Waals surface area (Å²) in [6, 6.07) is 0.397. The molecule has 2 rings (SSSR count). The smallest absolute Gasteiger partial charge is 0.224 e. The summed E-state index contributed by atoms with van der Waals surface area (Å²) in [5.41, 5.74) is 6.51. The van der Waals surface area contributed by atoms with Crippen LogP contribution in [-0.4, -0.2) is 36.3 Å². The van der Waals surface area contributed by atoms with Crippen LogP contribution in [0.5, 0.6) is 0 Å². The number of hydrogen-bond donors (Lipinski definition) is 1. The lowest BCUT2D eigenvalue weighted by Gasteiger charge is -2.31. The molecule has 1 unspecified atom stereocenters. The summed E-state index contributed by atoms with van der Waals surface area (Å²) >= 11 is 5.86. The lowest BCUT2D eigenvalue weighted by Crippen LogP contribution is -2.38. The maximum absolute atomic E-state index is 5.95. The van der Waals surface area contributed by atoms with E-state index < -0.39 is 0 Å². The number of nitrogens with zero attached hydrogens (tertiary/aromatic N) is 3.